The van der Waals surface area contributed by atoms with E-state index in [0.717, 1.165) is 11.1 Å². The minimum atomic E-state index is -0.143. The van der Waals surface area contributed by atoms with Crippen LogP contribution in [0.4, 0.5) is 0 Å². The Morgan fingerprint density at radius 2 is 1.10 bits per heavy atom. The minimum absolute atomic E-state index is 0.143. The fourth-order valence-corrected chi connectivity index (χ4v) is 5.96. The van der Waals surface area contributed by atoms with Crippen molar-refractivity contribution >= 4 is 88.9 Å². The molecule has 0 radical (unpaired) electrons. The van der Waals surface area contributed by atoms with E-state index in [1.807, 2.05) is 12.1 Å². The predicted molar refractivity (Wildman–Crippen MR) is 134 cm³/mol. The lowest BCUT2D eigenvalue weighted by Gasteiger charge is -2.36. The first-order valence-electron chi connectivity index (χ1n) is 9.75. The highest BCUT2D eigenvalue weighted by Gasteiger charge is 2.39. The number of benzene rings is 2. The quantitative estimate of drug-likeness (QED) is 0.429. The fraction of sp³-hybridized carbons (Fsp3) is 0.364. The van der Waals surface area contributed by atoms with Gasteiger partial charge in [0.1, 0.15) is 9.98 Å². The molecule has 0 aliphatic carbocycles. The number of hydrogen-bond donors (Lipinski definition) is 0. The molecule has 2 aromatic rings. The summed E-state index contributed by atoms with van der Waals surface area (Å²) in [5.41, 5.74) is 2.64. The van der Waals surface area contributed by atoms with E-state index in [2.05, 4.69) is 59.6 Å². The van der Waals surface area contributed by atoms with Gasteiger partial charge in [-0.1, -0.05) is 52.1 Å². The van der Waals surface area contributed by atoms with Crippen molar-refractivity contribution in [2.24, 2.45) is 11.8 Å². The third-order valence-corrected chi connectivity index (χ3v) is 7.40. The Hall–Kier alpha value is -1.22. The largest absolute Gasteiger partial charge is 0.298 e. The number of amides is 2. The minimum Gasteiger partial charge on any atom is -0.298 e. The molecule has 2 aliphatic rings. The maximum Gasteiger partial charge on any atom is 0.260 e. The van der Waals surface area contributed by atoms with Crippen LogP contribution in [0.15, 0.2) is 21.1 Å². The summed E-state index contributed by atoms with van der Waals surface area (Å²) in [6.07, 6.45) is 0. The summed E-state index contributed by atoms with van der Waals surface area (Å²) in [7, 11) is 0. The van der Waals surface area contributed by atoms with Gasteiger partial charge in [-0.2, -0.15) is 0 Å². The smallest absolute Gasteiger partial charge is 0.260 e. The molecule has 0 bridgehead atoms. The van der Waals surface area contributed by atoms with E-state index in [-0.39, 0.29) is 23.7 Å². The topological polar surface area (TPSA) is 40.6 Å². The monoisotopic (exact) mass is 566 g/mol. The number of thiocarbonyl (C=S) groups is 2. The van der Waals surface area contributed by atoms with Gasteiger partial charge in [0, 0.05) is 43.9 Å². The third kappa shape index (κ3) is 3.18. The van der Waals surface area contributed by atoms with Crippen molar-refractivity contribution < 1.29 is 9.59 Å². The van der Waals surface area contributed by atoms with Gasteiger partial charge in [-0.15, -0.1) is 0 Å². The van der Waals surface area contributed by atoms with Crippen molar-refractivity contribution in [2.45, 2.75) is 27.7 Å². The van der Waals surface area contributed by atoms with Crippen LogP contribution >= 0.6 is 56.3 Å². The van der Waals surface area contributed by atoms with Gasteiger partial charge >= 0.3 is 0 Å². The highest BCUT2D eigenvalue weighted by molar-refractivity contribution is 9.10. The molecule has 8 heteroatoms. The first-order valence-corrected chi connectivity index (χ1v) is 12.2. The lowest BCUT2D eigenvalue weighted by atomic mass is 9.86. The maximum atomic E-state index is 13.4. The molecular weight excluding hydrogens is 548 g/mol. The Bertz CT molecular complexity index is 1080. The Morgan fingerprint density at radius 3 is 1.40 bits per heavy atom. The van der Waals surface area contributed by atoms with Crippen LogP contribution in [-0.4, -0.2) is 44.7 Å². The molecule has 0 atom stereocenters. The van der Waals surface area contributed by atoms with Gasteiger partial charge in [0.2, 0.25) is 0 Å². The second-order valence-electron chi connectivity index (χ2n) is 8.54. The number of carbonyl (C=O) groups is 2. The molecule has 2 aromatic carbocycles. The number of carbonyl (C=O) groups excluding carboxylic acids is 2. The number of rotatable bonds is 4. The van der Waals surface area contributed by atoms with Crippen molar-refractivity contribution in [3.63, 3.8) is 0 Å². The Kier molecular flexibility index (Phi) is 5.66. The van der Waals surface area contributed by atoms with Crippen molar-refractivity contribution in [1.82, 2.24) is 9.80 Å². The van der Waals surface area contributed by atoms with Crippen molar-refractivity contribution in [3.8, 4) is 0 Å². The van der Waals surface area contributed by atoms with Gasteiger partial charge in [-0.3, -0.25) is 19.4 Å². The molecule has 0 fully saturated rings. The first-order chi connectivity index (χ1) is 14.0. The van der Waals surface area contributed by atoms with Crippen LogP contribution in [0.5, 0.6) is 0 Å². The van der Waals surface area contributed by atoms with Gasteiger partial charge in [-0.25, -0.2) is 0 Å². The molecule has 2 heterocycles. The first kappa shape index (κ1) is 22.0. The standard InChI is InChI=1S/C22H20Br2N2O2S2/c1-9(2)7-25-19(27)17-13(23)6-12-16-15(17)11(21(25)29)5-14(24)18(16)20(28)26(22(12)30)8-10(3)4/h5-6,9-10H,7-8H2,1-4H3. The van der Waals surface area contributed by atoms with Crippen LogP contribution in [0.25, 0.3) is 10.8 Å². The molecule has 2 aliphatic heterocycles. The molecule has 2 amide bonds. The zero-order chi connectivity index (χ0) is 22.1. The zero-order valence-electron chi connectivity index (χ0n) is 17.0. The summed E-state index contributed by atoms with van der Waals surface area (Å²) in [5.74, 6) is 0.247. The van der Waals surface area contributed by atoms with Gasteiger partial charge in [0.25, 0.3) is 11.8 Å². The van der Waals surface area contributed by atoms with Crippen LogP contribution in [0.3, 0.4) is 0 Å². The summed E-state index contributed by atoms with van der Waals surface area (Å²) in [6, 6.07) is 3.75. The molecule has 0 aromatic heterocycles. The van der Waals surface area contributed by atoms with E-state index in [1.54, 1.807) is 9.80 Å². The average Bonchev–Trinajstić information content (AvgIpc) is 2.65. The molecule has 0 N–H and O–H groups in total. The number of nitrogens with zero attached hydrogens (tertiary/aromatic N) is 2. The van der Waals surface area contributed by atoms with E-state index in [0.29, 0.717) is 53.9 Å². The van der Waals surface area contributed by atoms with Crippen LogP contribution in [0.1, 0.15) is 59.5 Å². The van der Waals surface area contributed by atoms with Crippen molar-refractivity contribution in [1.29, 1.82) is 0 Å². The second-order valence-corrected chi connectivity index (χ2v) is 11.0. The van der Waals surface area contributed by atoms with E-state index in [9.17, 15) is 9.59 Å². The lowest BCUT2D eigenvalue weighted by Crippen LogP contribution is -2.44. The highest BCUT2D eigenvalue weighted by atomic mass is 79.9. The third-order valence-electron chi connectivity index (χ3n) is 5.27. The van der Waals surface area contributed by atoms with Gasteiger partial charge in [0.15, 0.2) is 0 Å². The van der Waals surface area contributed by atoms with Crippen LogP contribution in [-0.2, 0) is 0 Å². The Morgan fingerprint density at radius 1 is 0.767 bits per heavy atom. The van der Waals surface area contributed by atoms with Crippen LogP contribution < -0.4 is 0 Å². The molecule has 0 unspecified atom stereocenters. The molecule has 0 saturated heterocycles. The Balaban J connectivity index is 2.07. The molecular formula is C22H20Br2N2O2S2. The average molecular weight is 568 g/mol. The SMILES string of the molecule is CC(C)CN1C(=O)c2c(Br)cc3c4c(c(Br)cc(c24)C1=S)C(=O)N(CC(C)C)C3=S. The highest BCUT2D eigenvalue weighted by Crippen LogP contribution is 2.44. The molecule has 156 valence electrons. The van der Waals surface area contributed by atoms with Gasteiger partial charge in [0.05, 0.1) is 11.1 Å². The van der Waals surface area contributed by atoms with Gasteiger partial charge < -0.3 is 0 Å². The second kappa shape index (κ2) is 7.73. The molecule has 4 nitrogen and oxygen atoms in total. The van der Waals surface area contributed by atoms with Crippen LogP contribution in [0.2, 0.25) is 0 Å². The Labute approximate surface area is 203 Å². The maximum absolute atomic E-state index is 13.4. The summed E-state index contributed by atoms with van der Waals surface area (Å²) in [6.45, 7) is 9.28. The lowest BCUT2D eigenvalue weighted by molar-refractivity contribution is 0.0826. The number of halogens is 2. The molecule has 30 heavy (non-hydrogen) atoms. The van der Waals surface area contributed by atoms with Crippen molar-refractivity contribution in [2.75, 3.05) is 13.1 Å². The molecule has 4 rings (SSSR count). The number of hydrogen-bond acceptors (Lipinski definition) is 4. The molecule has 0 spiro atoms. The normalized spacial score (nSPS) is 16.0. The van der Waals surface area contributed by atoms with E-state index < -0.39 is 0 Å². The predicted octanol–water partition coefficient (Wildman–Crippen LogP) is 5.94. The summed E-state index contributed by atoms with van der Waals surface area (Å²) in [5, 5.41) is 1.43. The fourth-order valence-electron chi connectivity index (χ4n) is 4.13. The zero-order valence-corrected chi connectivity index (χ0v) is 21.8. The van der Waals surface area contributed by atoms with Gasteiger partial charge in [-0.05, 0) is 55.8 Å². The molecule has 0 saturated carbocycles. The van der Waals surface area contributed by atoms with E-state index in [1.165, 1.54) is 0 Å². The van der Waals surface area contributed by atoms with Crippen molar-refractivity contribution in [3.05, 3.63) is 43.3 Å². The van der Waals surface area contributed by atoms with Crippen LogP contribution in [0, 0.1) is 11.8 Å². The van der Waals surface area contributed by atoms with E-state index in [4.69, 9.17) is 24.4 Å². The summed E-state index contributed by atoms with van der Waals surface area (Å²) >= 11 is 18.7. The summed E-state index contributed by atoms with van der Waals surface area (Å²) in [4.78, 5) is 31.1. The summed E-state index contributed by atoms with van der Waals surface area (Å²) < 4.78 is 1.34. The van der Waals surface area contributed by atoms with E-state index >= 15 is 0 Å².